The van der Waals surface area contributed by atoms with Gasteiger partial charge >= 0.3 is 0 Å². The minimum atomic E-state index is 0.504. The summed E-state index contributed by atoms with van der Waals surface area (Å²) in [5, 5.41) is 2.02. The van der Waals surface area contributed by atoms with Gasteiger partial charge in [-0.15, -0.1) is 0 Å². The van der Waals surface area contributed by atoms with Crippen LogP contribution in [0.1, 0.15) is 31.0 Å². The highest BCUT2D eigenvalue weighted by atomic mass is 32.1. The maximum absolute atomic E-state index is 5.50. The highest BCUT2D eigenvalue weighted by Gasteiger charge is 2.06. The minimum absolute atomic E-state index is 0.504. The Morgan fingerprint density at radius 1 is 1.70 bits per heavy atom. The molecule has 0 bridgehead atoms. The fourth-order valence-corrected chi connectivity index (χ4v) is 1.73. The summed E-state index contributed by atoms with van der Waals surface area (Å²) in [5.41, 5.74) is 7.85. The molecule has 0 aliphatic rings. The van der Waals surface area contributed by atoms with Gasteiger partial charge in [0.25, 0.3) is 0 Å². The van der Waals surface area contributed by atoms with E-state index < -0.39 is 0 Å². The van der Waals surface area contributed by atoms with Gasteiger partial charge in [0.2, 0.25) is 0 Å². The lowest BCUT2D eigenvalue weighted by atomic mass is 10.1. The molecule has 56 valence electrons. The first-order chi connectivity index (χ1) is 4.75. The summed E-state index contributed by atoms with van der Waals surface area (Å²) >= 11 is 1.49. The number of nitrogens with zero attached hydrogens (tertiary/aromatic N) is 1. The molecule has 0 aliphatic carbocycles. The van der Waals surface area contributed by atoms with Gasteiger partial charge in [0, 0.05) is 11.9 Å². The van der Waals surface area contributed by atoms with Crippen LogP contribution >= 0.6 is 11.5 Å². The van der Waals surface area contributed by atoms with Crippen molar-refractivity contribution < 1.29 is 0 Å². The molecule has 0 radical (unpaired) electrons. The van der Waals surface area contributed by atoms with Gasteiger partial charge in [-0.05, 0) is 23.0 Å². The summed E-state index contributed by atoms with van der Waals surface area (Å²) in [4.78, 5) is 0. The molecule has 1 rings (SSSR count). The first-order valence-corrected chi connectivity index (χ1v) is 4.22. The van der Waals surface area contributed by atoms with Gasteiger partial charge in [0.1, 0.15) is 0 Å². The Kier molecular flexibility index (Phi) is 2.40. The second-order valence-corrected chi connectivity index (χ2v) is 3.21. The lowest BCUT2D eigenvalue weighted by molar-refractivity contribution is 0.816. The number of nitrogens with two attached hydrogens (primary N) is 1. The van der Waals surface area contributed by atoms with E-state index >= 15 is 0 Å². The molecule has 0 amide bonds. The molecule has 0 aliphatic heterocycles. The van der Waals surface area contributed by atoms with Crippen molar-refractivity contribution in [2.75, 3.05) is 0 Å². The molecule has 3 heteroatoms. The molecule has 2 N–H and O–H groups in total. The maximum Gasteiger partial charge on any atom is 0.0612 e. The van der Waals surface area contributed by atoms with Crippen LogP contribution in [0.4, 0.5) is 0 Å². The lowest BCUT2D eigenvalue weighted by Gasteiger charge is -2.01. The molecule has 0 unspecified atom stereocenters. The largest absolute Gasteiger partial charge is 0.326 e. The summed E-state index contributed by atoms with van der Waals surface area (Å²) in [5.74, 6) is 0.504. The van der Waals surface area contributed by atoms with Crippen LogP contribution in [0, 0.1) is 0 Å². The fourth-order valence-electron chi connectivity index (χ4n) is 0.895. The van der Waals surface area contributed by atoms with Crippen molar-refractivity contribution in [3.63, 3.8) is 0 Å². The third-order valence-corrected chi connectivity index (χ3v) is 2.13. The quantitative estimate of drug-likeness (QED) is 0.708. The zero-order valence-corrected chi connectivity index (χ0v) is 7.11. The van der Waals surface area contributed by atoms with Crippen molar-refractivity contribution in [2.45, 2.75) is 26.3 Å². The Bertz CT molecular complexity index is 205. The van der Waals surface area contributed by atoms with Gasteiger partial charge in [-0.1, -0.05) is 13.8 Å². The maximum atomic E-state index is 5.50. The van der Waals surface area contributed by atoms with Gasteiger partial charge in [-0.25, -0.2) is 0 Å². The molecule has 0 saturated heterocycles. The Hall–Kier alpha value is -0.410. The second kappa shape index (κ2) is 3.12. The van der Waals surface area contributed by atoms with Crippen molar-refractivity contribution in [3.8, 4) is 0 Å². The van der Waals surface area contributed by atoms with E-state index in [0.29, 0.717) is 12.5 Å². The predicted octanol–water partition coefficient (Wildman–Crippen LogP) is 1.73. The van der Waals surface area contributed by atoms with E-state index in [2.05, 4.69) is 18.2 Å². The second-order valence-electron chi connectivity index (χ2n) is 2.58. The van der Waals surface area contributed by atoms with Gasteiger partial charge < -0.3 is 5.73 Å². The van der Waals surface area contributed by atoms with E-state index in [0.717, 1.165) is 5.69 Å². The third kappa shape index (κ3) is 1.36. The van der Waals surface area contributed by atoms with Gasteiger partial charge in [0.15, 0.2) is 0 Å². The van der Waals surface area contributed by atoms with Crippen molar-refractivity contribution in [2.24, 2.45) is 5.73 Å². The molecule has 2 nitrogen and oxygen atoms in total. The van der Waals surface area contributed by atoms with Gasteiger partial charge in [-0.3, -0.25) is 0 Å². The van der Waals surface area contributed by atoms with E-state index in [4.69, 9.17) is 5.73 Å². The smallest absolute Gasteiger partial charge is 0.0612 e. The molecule has 0 fully saturated rings. The number of hydrogen-bond donors (Lipinski definition) is 1. The molecule has 0 saturated carbocycles. The summed E-state index contributed by atoms with van der Waals surface area (Å²) < 4.78 is 4.25. The minimum Gasteiger partial charge on any atom is -0.326 e. The number of hydrogen-bond acceptors (Lipinski definition) is 3. The van der Waals surface area contributed by atoms with Gasteiger partial charge in [0.05, 0.1) is 5.69 Å². The van der Waals surface area contributed by atoms with Crippen LogP contribution in [0.5, 0.6) is 0 Å². The predicted molar refractivity (Wildman–Crippen MR) is 44.1 cm³/mol. The van der Waals surface area contributed by atoms with Crippen LogP contribution in [0.3, 0.4) is 0 Å². The van der Waals surface area contributed by atoms with E-state index in [-0.39, 0.29) is 0 Å². The zero-order chi connectivity index (χ0) is 7.56. The van der Waals surface area contributed by atoms with Crippen LogP contribution in [-0.4, -0.2) is 4.37 Å². The molecule has 0 spiro atoms. The van der Waals surface area contributed by atoms with Crippen LogP contribution in [0.25, 0.3) is 0 Å². The Morgan fingerprint density at radius 3 is 2.80 bits per heavy atom. The Labute approximate surface area is 65.2 Å². The van der Waals surface area contributed by atoms with Gasteiger partial charge in [-0.2, -0.15) is 4.37 Å². The Balaban J connectivity index is 2.90. The van der Waals surface area contributed by atoms with Crippen molar-refractivity contribution in [1.29, 1.82) is 0 Å². The fraction of sp³-hybridized carbons (Fsp3) is 0.571. The van der Waals surface area contributed by atoms with E-state index in [9.17, 15) is 0 Å². The topological polar surface area (TPSA) is 38.9 Å². The average molecular weight is 156 g/mol. The highest BCUT2D eigenvalue weighted by molar-refractivity contribution is 7.03. The Morgan fingerprint density at radius 2 is 2.40 bits per heavy atom. The van der Waals surface area contributed by atoms with Crippen molar-refractivity contribution in [1.82, 2.24) is 4.37 Å². The van der Waals surface area contributed by atoms with Crippen molar-refractivity contribution >= 4 is 11.5 Å². The van der Waals surface area contributed by atoms with Crippen LogP contribution in [0.15, 0.2) is 5.38 Å². The molecule has 1 aromatic heterocycles. The summed E-state index contributed by atoms with van der Waals surface area (Å²) in [7, 11) is 0. The molecule has 0 atom stereocenters. The summed E-state index contributed by atoms with van der Waals surface area (Å²) in [6.45, 7) is 4.88. The van der Waals surface area contributed by atoms with Crippen molar-refractivity contribution in [3.05, 3.63) is 16.6 Å². The number of aromatic nitrogens is 1. The molecule has 10 heavy (non-hydrogen) atoms. The summed E-state index contributed by atoms with van der Waals surface area (Å²) in [6, 6.07) is 0. The normalized spacial score (nSPS) is 10.8. The van der Waals surface area contributed by atoms with Crippen LogP contribution in [-0.2, 0) is 6.54 Å². The standard InChI is InChI=1S/C7H12N2S/c1-5(2)7-6(3-8)4-10-9-7/h4-5H,3,8H2,1-2H3. The van der Waals surface area contributed by atoms with Crippen LogP contribution < -0.4 is 5.73 Å². The average Bonchev–Trinajstić information content (AvgIpc) is 2.33. The first-order valence-electron chi connectivity index (χ1n) is 3.39. The highest BCUT2D eigenvalue weighted by Crippen LogP contribution is 2.18. The molecule has 0 aromatic carbocycles. The SMILES string of the molecule is CC(C)c1nscc1CN. The van der Waals surface area contributed by atoms with E-state index in [1.54, 1.807) is 0 Å². The lowest BCUT2D eigenvalue weighted by Crippen LogP contribution is -2.00. The third-order valence-electron chi connectivity index (χ3n) is 1.44. The zero-order valence-electron chi connectivity index (χ0n) is 6.29. The molecule has 1 aromatic rings. The molecule has 1 heterocycles. The molecular weight excluding hydrogens is 144 g/mol. The molecular formula is C7H12N2S. The monoisotopic (exact) mass is 156 g/mol. The first kappa shape index (κ1) is 7.69. The number of rotatable bonds is 2. The van der Waals surface area contributed by atoms with E-state index in [1.165, 1.54) is 17.1 Å². The summed E-state index contributed by atoms with van der Waals surface area (Å²) in [6.07, 6.45) is 0. The van der Waals surface area contributed by atoms with Crippen LogP contribution in [0.2, 0.25) is 0 Å². The van der Waals surface area contributed by atoms with E-state index in [1.807, 2.05) is 5.38 Å².